The van der Waals surface area contributed by atoms with Crippen molar-refractivity contribution in [1.29, 1.82) is 0 Å². The Morgan fingerprint density at radius 3 is 2.53 bits per heavy atom. The summed E-state index contributed by atoms with van der Waals surface area (Å²) in [5.74, 6) is -0.0838. The van der Waals surface area contributed by atoms with E-state index in [-0.39, 0.29) is 11.9 Å². The summed E-state index contributed by atoms with van der Waals surface area (Å²) in [6.45, 7) is 2.09. The number of benzene rings is 1. The van der Waals surface area contributed by atoms with Gasteiger partial charge in [0.1, 0.15) is 5.82 Å². The van der Waals surface area contributed by atoms with Crippen molar-refractivity contribution < 1.29 is 4.39 Å². The summed E-state index contributed by atoms with van der Waals surface area (Å²) in [5, 5.41) is 3.69. The van der Waals surface area contributed by atoms with Crippen LogP contribution in [0.2, 0.25) is 0 Å². The van der Waals surface area contributed by atoms with Crippen molar-refractivity contribution in [1.82, 2.24) is 5.32 Å². The van der Waals surface area contributed by atoms with E-state index in [0.29, 0.717) is 11.5 Å². The van der Waals surface area contributed by atoms with E-state index in [0.717, 1.165) is 5.56 Å². The lowest BCUT2D eigenvalue weighted by atomic mass is 9.57. The molecule has 3 rings (SSSR count). The number of rotatable bonds is 3. The Balaban J connectivity index is 1.67. The van der Waals surface area contributed by atoms with Gasteiger partial charge in [-0.1, -0.05) is 37.5 Å². The van der Waals surface area contributed by atoms with Crippen LogP contribution in [-0.2, 0) is 0 Å². The van der Waals surface area contributed by atoms with Gasteiger partial charge < -0.3 is 5.32 Å². The van der Waals surface area contributed by atoms with Gasteiger partial charge in [0.2, 0.25) is 0 Å². The van der Waals surface area contributed by atoms with Gasteiger partial charge in [-0.15, -0.1) is 0 Å². The summed E-state index contributed by atoms with van der Waals surface area (Å²) in [4.78, 5) is 0. The molecule has 0 aliphatic heterocycles. The zero-order valence-corrected chi connectivity index (χ0v) is 11.8. The van der Waals surface area contributed by atoms with Crippen molar-refractivity contribution in [2.24, 2.45) is 5.41 Å². The van der Waals surface area contributed by atoms with Gasteiger partial charge in [0.15, 0.2) is 0 Å². The molecule has 0 radical (unpaired) electrons. The highest BCUT2D eigenvalue weighted by atomic mass is 19.1. The van der Waals surface area contributed by atoms with Gasteiger partial charge in [-0.25, -0.2) is 4.39 Å². The van der Waals surface area contributed by atoms with Gasteiger partial charge in [0.05, 0.1) is 0 Å². The second kappa shape index (κ2) is 5.24. The van der Waals surface area contributed by atoms with Crippen LogP contribution in [0.15, 0.2) is 24.3 Å². The van der Waals surface area contributed by atoms with E-state index in [1.807, 2.05) is 12.1 Å². The molecule has 0 saturated heterocycles. The SMILES string of the molecule is CC(NC1CCC12CCCCC2)c1ccccc1F. The molecule has 2 fully saturated rings. The summed E-state index contributed by atoms with van der Waals surface area (Å²) >= 11 is 0. The van der Waals surface area contributed by atoms with Crippen molar-refractivity contribution in [3.05, 3.63) is 35.6 Å². The smallest absolute Gasteiger partial charge is 0.127 e. The Hall–Kier alpha value is -0.890. The molecule has 0 heterocycles. The Bertz CT molecular complexity index is 437. The predicted molar refractivity (Wildman–Crippen MR) is 76.5 cm³/mol. The van der Waals surface area contributed by atoms with Gasteiger partial charge >= 0.3 is 0 Å². The third kappa shape index (κ3) is 2.43. The van der Waals surface area contributed by atoms with E-state index in [2.05, 4.69) is 12.2 Å². The topological polar surface area (TPSA) is 12.0 Å². The van der Waals surface area contributed by atoms with E-state index in [1.165, 1.54) is 44.9 Å². The van der Waals surface area contributed by atoms with Crippen LogP contribution in [0, 0.1) is 11.2 Å². The number of hydrogen-bond acceptors (Lipinski definition) is 1. The molecule has 1 N–H and O–H groups in total. The number of halogens is 1. The van der Waals surface area contributed by atoms with Crippen LogP contribution in [0.4, 0.5) is 4.39 Å². The molecule has 1 aromatic rings. The lowest BCUT2D eigenvalue weighted by molar-refractivity contribution is 0.0172. The summed E-state index contributed by atoms with van der Waals surface area (Å²) in [6.07, 6.45) is 9.53. The van der Waals surface area contributed by atoms with Crippen LogP contribution in [0.3, 0.4) is 0 Å². The van der Waals surface area contributed by atoms with Crippen LogP contribution in [0.1, 0.15) is 63.5 Å². The van der Waals surface area contributed by atoms with Gasteiger partial charge in [-0.2, -0.15) is 0 Å². The fourth-order valence-electron chi connectivity index (χ4n) is 4.03. The second-order valence-electron chi connectivity index (χ2n) is 6.42. The first-order chi connectivity index (χ1) is 9.21. The fraction of sp³-hybridized carbons (Fsp3) is 0.647. The minimum Gasteiger partial charge on any atom is -0.307 e. The first-order valence-electron chi connectivity index (χ1n) is 7.72. The molecular formula is C17H24FN. The van der Waals surface area contributed by atoms with Crippen molar-refractivity contribution in [2.75, 3.05) is 0 Å². The quantitative estimate of drug-likeness (QED) is 0.839. The summed E-state index contributed by atoms with van der Waals surface area (Å²) in [5.41, 5.74) is 1.35. The molecule has 2 aliphatic carbocycles. The average molecular weight is 261 g/mol. The van der Waals surface area contributed by atoms with Crippen LogP contribution in [0.5, 0.6) is 0 Å². The molecule has 104 valence electrons. The zero-order valence-electron chi connectivity index (χ0n) is 11.8. The molecule has 2 saturated carbocycles. The van der Waals surface area contributed by atoms with E-state index in [9.17, 15) is 4.39 Å². The maximum absolute atomic E-state index is 13.8. The van der Waals surface area contributed by atoms with Gasteiger partial charge in [-0.3, -0.25) is 0 Å². The standard InChI is InChI=1S/C17H24FN/c1-13(14-7-3-4-8-15(14)18)19-16-9-12-17(16)10-5-2-6-11-17/h3-4,7-8,13,16,19H,2,5-6,9-12H2,1H3. The molecule has 2 atom stereocenters. The molecule has 2 heteroatoms. The normalized spacial score (nSPS) is 26.9. The number of hydrogen-bond donors (Lipinski definition) is 1. The van der Waals surface area contributed by atoms with E-state index >= 15 is 0 Å². The third-order valence-corrected chi connectivity index (χ3v) is 5.34. The Kier molecular flexibility index (Phi) is 3.62. The van der Waals surface area contributed by atoms with Crippen LogP contribution < -0.4 is 5.32 Å². The lowest BCUT2D eigenvalue weighted by Crippen LogP contribution is -2.54. The van der Waals surface area contributed by atoms with E-state index in [1.54, 1.807) is 12.1 Å². The molecule has 2 aliphatic rings. The van der Waals surface area contributed by atoms with Gasteiger partial charge in [0.25, 0.3) is 0 Å². The molecule has 2 unspecified atom stereocenters. The first kappa shape index (κ1) is 13.1. The maximum Gasteiger partial charge on any atom is 0.127 e. The number of nitrogens with one attached hydrogen (secondary N) is 1. The van der Waals surface area contributed by atoms with E-state index in [4.69, 9.17) is 0 Å². The minimum absolute atomic E-state index is 0.0838. The van der Waals surface area contributed by atoms with Crippen LogP contribution in [-0.4, -0.2) is 6.04 Å². The third-order valence-electron chi connectivity index (χ3n) is 5.34. The monoisotopic (exact) mass is 261 g/mol. The Morgan fingerprint density at radius 2 is 1.89 bits per heavy atom. The predicted octanol–water partition coefficient (Wildman–Crippen LogP) is 4.59. The van der Waals surface area contributed by atoms with Crippen LogP contribution in [0.25, 0.3) is 0 Å². The van der Waals surface area contributed by atoms with Crippen LogP contribution >= 0.6 is 0 Å². The summed E-state index contributed by atoms with van der Waals surface area (Å²) in [7, 11) is 0. The highest BCUT2D eigenvalue weighted by Crippen LogP contribution is 2.52. The lowest BCUT2D eigenvalue weighted by Gasteiger charge is -2.53. The van der Waals surface area contributed by atoms with E-state index < -0.39 is 0 Å². The molecule has 1 aromatic carbocycles. The first-order valence-corrected chi connectivity index (χ1v) is 7.72. The molecule has 0 aromatic heterocycles. The average Bonchev–Trinajstić information content (AvgIpc) is 2.45. The Labute approximate surface area is 115 Å². The minimum atomic E-state index is -0.0838. The fourth-order valence-corrected chi connectivity index (χ4v) is 4.03. The molecular weight excluding hydrogens is 237 g/mol. The molecule has 0 bridgehead atoms. The van der Waals surface area contributed by atoms with Crippen molar-refractivity contribution in [3.63, 3.8) is 0 Å². The molecule has 1 spiro atoms. The van der Waals surface area contributed by atoms with Gasteiger partial charge in [-0.05, 0) is 44.1 Å². The highest BCUT2D eigenvalue weighted by molar-refractivity contribution is 5.21. The molecule has 1 nitrogen and oxygen atoms in total. The highest BCUT2D eigenvalue weighted by Gasteiger charge is 2.47. The summed E-state index contributed by atoms with van der Waals surface area (Å²) in [6, 6.07) is 7.86. The van der Waals surface area contributed by atoms with Crippen molar-refractivity contribution in [2.45, 2.75) is 64.0 Å². The van der Waals surface area contributed by atoms with Crippen molar-refractivity contribution in [3.8, 4) is 0 Å². The second-order valence-corrected chi connectivity index (χ2v) is 6.42. The largest absolute Gasteiger partial charge is 0.307 e. The molecule has 0 amide bonds. The van der Waals surface area contributed by atoms with Gasteiger partial charge in [0, 0.05) is 17.6 Å². The zero-order chi connectivity index (χ0) is 13.3. The van der Waals surface area contributed by atoms with Crippen molar-refractivity contribution >= 4 is 0 Å². The summed E-state index contributed by atoms with van der Waals surface area (Å²) < 4.78 is 13.8. The molecule has 19 heavy (non-hydrogen) atoms. The Morgan fingerprint density at radius 1 is 1.16 bits per heavy atom. The maximum atomic E-state index is 13.8.